The number of aryl methyl sites for hydroxylation is 1. The fourth-order valence-corrected chi connectivity index (χ4v) is 1.82. The number of carboxylic acid groups (broad SMARTS) is 1. The molecular formula is C14H12FNO3. The average Bonchev–Trinajstić information content (AvgIpc) is 2.74. The summed E-state index contributed by atoms with van der Waals surface area (Å²) in [6.45, 7) is 0. The second kappa shape index (κ2) is 5.06. The lowest BCUT2D eigenvalue weighted by molar-refractivity contribution is 0.0686. The van der Waals surface area contributed by atoms with Gasteiger partial charge in [-0.05, 0) is 23.8 Å². The van der Waals surface area contributed by atoms with Crippen LogP contribution in [-0.4, -0.2) is 21.4 Å². The zero-order valence-corrected chi connectivity index (χ0v) is 10.3. The van der Waals surface area contributed by atoms with E-state index in [1.807, 2.05) is 0 Å². The highest BCUT2D eigenvalue weighted by molar-refractivity contribution is 5.99. The third kappa shape index (κ3) is 2.88. The van der Waals surface area contributed by atoms with Crippen LogP contribution in [-0.2, 0) is 13.5 Å². The normalized spacial score (nSPS) is 10.4. The van der Waals surface area contributed by atoms with Crippen LogP contribution in [0.2, 0.25) is 0 Å². The summed E-state index contributed by atoms with van der Waals surface area (Å²) in [4.78, 5) is 22.9. The van der Waals surface area contributed by atoms with Crippen molar-refractivity contribution in [2.24, 2.45) is 7.05 Å². The molecule has 19 heavy (non-hydrogen) atoms. The maximum Gasteiger partial charge on any atom is 0.352 e. The molecule has 0 aliphatic carbocycles. The monoisotopic (exact) mass is 261 g/mol. The maximum absolute atomic E-state index is 12.7. The lowest BCUT2D eigenvalue weighted by Crippen LogP contribution is -2.02. The van der Waals surface area contributed by atoms with Crippen LogP contribution >= 0.6 is 0 Å². The van der Waals surface area contributed by atoms with Gasteiger partial charge >= 0.3 is 5.97 Å². The summed E-state index contributed by atoms with van der Waals surface area (Å²) in [6.07, 6.45) is 1.60. The number of rotatable bonds is 4. The van der Waals surface area contributed by atoms with Crippen molar-refractivity contribution in [1.82, 2.24) is 4.57 Å². The highest BCUT2D eigenvalue weighted by atomic mass is 19.1. The van der Waals surface area contributed by atoms with Gasteiger partial charge in [0, 0.05) is 25.2 Å². The Morgan fingerprint density at radius 1 is 1.26 bits per heavy atom. The first kappa shape index (κ1) is 13.0. The number of nitrogens with zero attached hydrogens (tertiary/aromatic N) is 1. The third-order valence-corrected chi connectivity index (χ3v) is 2.82. The highest BCUT2D eigenvalue weighted by Crippen LogP contribution is 2.12. The second-order valence-electron chi connectivity index (χ2n) is 4.26. The molecule has 0 aliphatic rings. The molecule has 1 heterocycles. The number of carbonyl (C=O) groups is 2. The minimum atomic E-state index is -1.08. The number of halogens is 1. The quantitative estimate of drug-likeness (QED) is 0.859. The van der Waals surface area contributed by atoms with E-state index in [-0.39, 0.29) is 23.7 Å². The Kier molecular flexibility index (Phi) is 3.46. The first-order valence-electron chi connectivity index (χ1n) is 5.64. The van der Waals surface area contributed by atoms with E-state index in [2.05, 4.69) is 0 Å². The van der Waals surface area contributed by atoms with E-state index in [0.29, 0.717) is 11.1 Å². The molecule has 2 aromatic rings. The fraction of sp³-hybridized carbons (Fsp3) is 0.143. The van der Waals surface area contributed by atoms with Gasteiger partial charge in [-0.2, -0.15) is 0 Å². The van der Waals surface area contributed by atoms with Crippen LogP contribution in [0.25, 0.3) is 0 Å². The molecule has 0 radical (unpaired) electrons. The van der Waals surface area contributed by atoms with Crippen LogP contribution in [0.4, 0.5) is 4.39 Å². The summed E-state index contributed by atoms with van der Waals surface area (Å²) < 4.78 is 14.1. The molecule has 0 saturated heterocycles. The van der Waals surface area contributed by atoms with Gasteiger partial charge in [0.15, 0.2) is 5.78 Å². The van der Waals surface area contributed by atoms with E-state index in [4.69, 9.17) is 5.11 Å². The molecule has 5 heteroatoms. The predicted octanol–water partition coefficient (Wildman–Crippen LogP) is 2.29. The van der Waals surface area contributed by atoms with Crippen molar-refractivity contribution >= 4 is 11.8 Å². The Balaban J connectivity index is 2.18. The molecule has 0 spiro atoms. The van der Waals surface area contributed by atoms with Crippen LogP contribution in [0.1, 0.15) is 26.4 Å². The topological polar surface area (TPSA) is 59.3 Å². The number of Topliss-reactive ketones (excluding diaryl/α,β-unsaturated/α-hetero) is 1. The first-order valence-corrected chi connectivity index (χ1v) is 5.64. The summed E-state index contributed by atoms with van der Waals surface area (Å²) in [5.41, 5.74) is 1.08. The van der Waals surface area contributed by atoms with Gasteiger partial charge in [-0.1, -0.05) is 12.1 Å². The molecular weight excluding hydrogens is 249 g/mol. The molecule has 0 bridgehead atoms. The lowest BCUT2D eigenvalue weighted by Gasteiger charge is -1.99. The summed E-state index contributed by atoms with van der Waals surface area (Å²) >= 11 is 0. The zero-order valence-electron chi connectivity index (χ0n) is 10.3. The fourth-order valence-electron chi connectivity index (χ4n) is 1.82. The Morgan fingerprint density at radius 2 is 1.89 bits per heavy atom. The van der Waals surface area contributed by atoms with E-state index in [9.17, 15) is 14.0 Å². The Morgan fingerprint density at radius 3 is 2.42 bits per heavy atom. The summed E-state index contributed by atoms with van der Waals surface area (Å²) in [6, 6.07) is 6.99. The smallest absolute Gasteiger partial charge is 0.352 e. The average molecular weight is 261 g/mol. The molecule has 4 nitrogen and oxygen atoms in total. The van der Waals surface area contributed by atoms with Gasteiger partial charge in [-0.15, -0.1) is 0 Å². The molecule has 0 saturated carbocycles. The van der Waals surface area contributed by atoms with Crippen molar-refractivity contribution in [3.05, 3.63) is 59.2 Å². The second-order valence-corrected chi connectivity index (χ2v) is 4.26. The molecule has 0 fully saturated rings. The van der Waals surface area contributed by atoms with Crippen LogP contribution in [0.15, 0.2) is 36.5 Å². The predicted molar refractivity (Wildman–Crippen MR) is 66.8 cm³/mol. The molecule has 1 aromatic carbocycles. The first-order chi connectivity index (χ1) is 8.97. The van der Waals surface area contributed by atoms with Crippen LogP contribution in [0.5, 0.6) is 0 Å². The molecule has 2 rings (SSSR count). The number of aromatic nitrogens is 1. The summed E-state index contributed by atoms with van der Waals surface area (Å²) in [5.74, 6) is -1.64. The van der Waals surface area contributed by atoms with Gasteiger partial charge in [0.2, 0.25) is 0 Å². The number of aromatic carboxylic acids is 1. The molecule has 98 valence electrons. The van der Waals surface area contributed by atoms with Gasteiger partial charge in [-0.3, -0.25) is 4.79 Å². The molecule has 1 N–H and O–H groups in total. The van der Waals surface area contributed by atoms with Crippen molar-refractivity contribution in [2.75, 3.05) is 0 Å². The van der Waals surface area contributed by atoms with Crippen molar-refractivity contribution in [3.63, 3.8) is 0 Å². The lowest BCUT2D eigenvalue weighted by atomic mass is 10.1. The Labute approximate surface area is 109 Å². The molecule has 0 atom stereocenters. The number of hydrogen-bond donors (Lipinski definition) is 1. The van der Waals surface area contributed by atoms with Crippen molar-refractivity contribution in [2.45, 2.75) is 6.42 Å². The largest absolute Gasteiger partial charge is 0.477 e. The van der Waals surface area contributed by atoms with E-state index in [1.54, 1.807) is 7.05 Å². The van der Waals surface area contributed by atoms with E-state index in [0.717, 1.165) is 0 Å². The van der Waals surface area contributed by atoms with E-state index < -0.39 is 5.97 Å². The standard InChI is InChI=1S/C14H12FNO3/c1-16-8-10(7-12(16)14(18)19)13(17)6-9-2-4-11(15)5-3-9/h2-5,7-8H,6H2,1H3,(H,18,19). The number of ketones is 1. The zero-order chi connectivity index (χ0) is 14.0. The highest BCUT2D eigenvalue weighted by Gasteiger charge is 2.15. The van der Waals surface area contributed by atoms with Gasteiger partial charge < -0.3 is 9.67 Å². The number of carbonyl (C=O) groups excluding carboxylic acids is 1. The van der Waals surface area contributed by atoms with Gasteiger partial charge in [-0.25, -0.2) is 9.18 Å². The van der Waals surface area contributed by atoms with Crippen molar-refractivity contribution in [1.29, 1.82) is 0 Å². The van der Waals surface area contributed by atoms with Crippen molar-refractivity contribution < 1.29 is 19.1 Å². The van der Waals surface area contributed by atoms with E-state index >= 15 is 0 Å². The SMILES string of the molecule is Cn1cc(C(=O)Cc2ccc(F)cc2)cc1C(=O)O. The Hall–Kier alpha value is -2.43. The van der Waals surface area contributed by atoms with Crippen LogP contribution < -0.4 is 0 Å². The number of hydrogen-bond acceptors (Lipinski definition) is 2. The maximum atomic E-state index is 12.7. The molecule has 0 unspecified atom stereocenters. The van der Waals surface area contributed by atoms with Gasteiger partial charge in [0.1, 0.15) is 11.5 Å². The minimum absolute atomic E-state index is 0.0578. The minimum Gasteiger partial charge on any atom is -0.477 e. The van der Waals surface area contributed by atoms with Gasteiger partial charge in [0.05, 0.1) is 0 Å². The van der Waals surface area contributed by atoms with Crippen molar-refractivity contribution in [3.8, 4) is 0 Å². The number of benzene rings is 1. The van der Waals surface area contributed by atoms with Gasteiger partial charge in [0.25, 0.3) is 0 Å². The molecule has 0 aliphatic heterocycles. The summed E-state index contributed by atoms with van der Waals surface area (Å²) in [5, 5.41) is 8.91. The number of carboxylic acids is 1. The van der Waals surface area contributed by atoms with Crippen LogP contribution in [0.3, 0.4) is 0 Å². The van der Waals surface area contributed by atoms with E-state index in [1.165, 1.54) is 41.1 Å². The third-order valence-electron chi connectivity index (χ3n) is 2.82. The van der Waals surface area contributed by atoms with Crippen LogP contribution in [0, 0.1) is 5.82 Å². The molecule has 0 amide bonds. The molecule has 1 aromatic heterocycles. The summed E-state index contributed by atoms with van der Waals surface area (Å²) in [7, 11) is 1.57. The Bertz CT molecular complexity index is 629.